The number of carbonyl (C=O) groups is 2. The molecular weight excluding hydrogens is 338 g/mol. The summed E-state index contributed by atoms with van der Waals surface area (Å²) in [6, 6.07) is 6.79. The van der Waals surface area contributed by atoms with Crippen molar-refractivity contribution in [1.82, 2.24) is 14.9 Å². The summed E-state index contributed by atoms with van der Waals surface area (Å²) in [7, 11) is 0. The van der Waals surface area contributed by atoms with Crippen molar-refractivity contribution in [3.8, 4) is 0 Å². The minimum atomic E-state index is -0.756. The first-order chi connectivity index (χ1) is 12.3. The molecule has 138 valence electrons. The van der Waals surface area contributed by atoms with Crippen LogP contribution in [-0.2, 0) is 20.9 Å². The zero-order chi connectivity index (χ0) is 19.3. The standard InChI is InChI=1S/C18H21N3O5/c1-11-4-5-14(8-12(11)2)13(3)19-16(23)10-26-17(24)9-21-7-6-15(22)20-18(21)25/h4-8,13H,9-10H2,1-3H3,(H,19,23)(H,20,22,25)/t13-/m1/s1. The number of hydrogen-bond donors (Lipinski definition) is 2. The van der Waals surface area contributed by atoms with Crippen molar-refractivity contribution in [3.63, 3.8) is 0 Å². The number of carbonyl (C=O) groups excluding carboxylic acids is 2. The van der Waals surface area contributed by atoms with Crippen molar-refractivity contribution in [1.29, 1.82) is 0 Å². The molecule has 0 saturated carbocycles. The van der Waals surface area contributed by atoms with Crippen molar-refractivity contribution >= 4 is 11.9 Å². The van der Waals surface area contributed by atoms with Gasteiger partial charge in [0.1, 0.15) is 6.54 Å². The Balaban J connectivity index is 1.85. The summed E-state index contributed by atoms with van der Waals surface area (Å²) in [5.74, 6) is -1.20. The van der Waals surface area contributed by atoms with E-state index >= 15 is 0 Å². The molecule has 2 rings (SSSR count). The van der Waals surface area contributed by atoms with E-state index in [0.717, 1.165) is 21.8 Å². The van der Waals surface area contributed by atoms with Gasteiger partial charge < -0.3 is 10.1 Å². The molecule has 26 heavy (non-hydrogen) atoms. The smallest absolute Gasteiger partial charge is 0.328 e. The third-order valence-corrected chi connectivity index (χ3v) is 3.97. The van der Waals surface area contributed by atoms with Crippen LogP contribution in [0.15, 0.2) is 40.1 Å². The largest absolute Gasteiger partial charge is 0.454 e. The molecule has 8 nitrogen and oxygen atoms in total. The number of rotatable bonds is 6. The summed E-state index contributed by atoms with van der Waals surface area (Å²) >= 11 is 0. The lowest BCUT2D eigenvalue weighted by atomic mass is 10.0. The summed E-state index contributed by atoms with van der Waals surface area (Å²) in [5, 5.41) is 2.75. The lowest BCUT2D eigenvalue weighted by Crippen LogP contribution is -2.34. The number of H-pyrrole nitrogens is 1. The molecule has 0 aliphatic carbocycles. The van der Waals surface area contributed by atoms with Crippen LogP contribution in [0.1, 0.15) is 29.7 Å². The van der Waals surface area contributed by atoms with Gasteiger partial charge in [0.15, 0.2) is 6.61 Å². The van der Waals surface area contributed by atoms with E-state index in [-0.39, 0.29) is 6.04 Å². The highest BCUT2D eigenvalue weighted by Gasteiger charge is 2.13. The van der Waals surface area contributed by atoms with E-state index in [1.165, 1.54) is 11.8 Å². The predicted molar refractivity (Wildman–Crippen MR) is 94.8 cm³/mol. The number of nitrogens with one attached hydrogen (secondary N) is 2. The quantitative estimate of drug-likeness (QED) is 0.733. The van der Waals surface area contributed by atoms with Crippen LogP contribution in [0.3, 0.4) is 0 Å². The monoisotopic (exact) mass is 359 g/mol. The second-order valence-corrected chi connectivity index (χ2v) is 6.03. The Labute approximate surface area is 149 Å². The molecule has 0 aliphatic rings. The van der Waals surface area contributed by atoms with E-state index in [1.54, 1.807) is 0 Å². The van der Waals surface area contributed by atoms with Gasteiger partial charge in [0.25, 0.3) is 11.5 Å². The lowest BCUT2D eigenvalue weighted by Gasteiger charge is -2.16. The molecule has 1 atom stereocenters. The average Bonchev–Trinajstić information content (AvgIpc) is 2.58. The molecule has 0 saturated heterocycles. The summed E-state index contributed by atoms with van der Waals surface area (Å²) in [6.07, 6.45) is 1.18. The van der Waals surface area contributed by atoms with Crippen LogP contribution in [0.4, 0.5) is 0 Å². The predicted octanol–water partition coefficient (Wildman–Crippen LogP) is 0.574. The summed E-state index contributed by atoms with van der Waals surface area (Å²) in [4.78, 5) is 48.2. The minimum Gasteiger partial charge on any atom is -0.454 e. The fraction of sp³-hybridized carbons (Fsp3) is 0.333. The van der Waals surface area contributed by atoms with E-state index in [2.05, 4.69) is 5.32 Å². The first-order valence-corrected chi connectivity index (χ1v) is 8.08. The van der Waals surface area contributed by atoms with Crippen LogP contribution in [0, 0.1) is 13.8 Å². The highest BCUT2D eigenvalue weighted by Crippen LogP contribution is 2.16. The number of ether oxygens (including phenoxy) is 1. The van der Waals surface area contributed by atoms with Gasteiger partial charge in [0.05, 0.1) is 6.04 Å². The van der Waals surface area contributed by atoms with E-state index in [0.29, 0.717) is 0 Å². The maximum atomic E-state index is 11.9. The van der Waals surface area contributed by atoms with Crippen molar-refractivity contribution in [2.45, 2.75) is 33.4 Å². The molecule has 0 spiro atoms. The van der Waals surface area contributed by atoms with Crippen LogP contribution >= 0.6 is 0 Å². The first-order valence-electron chi connectivity index (χ1n) is 8.08. The molecule has 0 aliphatic heterocycles. The van der Waals surface area contributed by atoms with Gasteiger partial charge >= 0.3 is 11.7 Å². The highest BCUT2D eigenvalue weighted by atomic mass is 16.5. The van der Waals surface area contributed by atoms with Gasteiger partial charge in [0.2, 0.25) is 0 Å². The van der Waals surface area contributed by atoms with Gasteiger partial charge in [-0.3, -0.25) is 23.9 Å². The number of esters is 1. The number of aromatic amines is 1. The second-order valence-electron chi connectivity index (χ2n) is 6.03. The number of benzene rings is 1. The van der Waals surface area contributed by atoms with Crippen LogP contribution in [0.25, 0.3) is 0 Å². The molecule has 0 radical (unpaired) electrons. The zero-order valence-corrected chi connectivity index (χ0v) is 14.9. The van der Waals surface area contributed by atoms with E-state index in [9.17, 15) is 19.2 Å². The Hall–Kier alpha value is -3.16. The molecule has 8 heteroatoms. The van der Waals surface area contributed by atoms with Crippen molar-refractivity contribution in [3.05, 3.63) is 68.0 Å². The SMILES string of the molecule is Cc1ccc([C@@H](C)NC(=O)COC(=O)Cn2ccc(=O)[nH]c2=O)cc1C. The van der Waals surface area contributed by atoms with Gasteiger partial charge in [-0.15, -0.1) is 0 Å². The third-order valence-electron chi connectivity index (χ3n) is 3.97. The van der Waals surface area contributed by atoms with E-state index in [4.69, 9.17) is 4.74 Å². The average molecular weight is 359 g/mol. The Bertz CT molecular complexity index is 929. The Kier molecular flexibility index (Phi) is 6.11. The van der Waals surface area contributed by atoms with Gasteiger partial charge in [-0.25, -0.2) is 4.79 Å². The van der Waals surface area contributed by atoms with Crippen LogP contribution in [0.5, 0.6) is 0 Å². The maximum Gasteiger partial charge on any atom is 0.328 e. The fourth-order valence-corrected chi connectivity index (χ4v) is 2.30. The van der Waals surface area contributed by atoms with Crippen LogP contribution < -0.4 is 16.6 Å². The van der Waals surface area contributed by atoms with Crippen molar-refractivity contribution in [2.75, 3.05) is 6.61 Å². The number of amides is 1. The van der Waals surface area contributed by atoms with Gasteiger partial charge in [0, 0.05) is 12.3 Å². The number of aromatic nitrogens is 2. The first kappa shape index (κ1) is 19.2. The van der Waals surface area contributed by atoms with Gasteiger partial charge in [-0.2, -0.15) is 0 Å². The zero-order valence-electron chi connectivity index (χ0n) is 14.9. The topological polar surface area (TPSA) is 110 Å². The van der Waals surface area contributed by atoms with Crippen molar-refractivity contribution < 1.29 is 14.3 Å². The molecule has 1 amide bonds. The fourth-order valence-electron chi connectivity index (χ4n) is 2.30. The molecule has 2 N–H and O–H groups in total. The second kappa shape index (κ2) is 8.28. The molecule has 0 bridgehead atoms. The van der Waals surface area contributed by atoms with Gasteiger partial charge in [-0.1, -0.05) is 18.2 Å². The minimum absolute atomic E-state index is 0.234. The highest BCUT2D eigenvalue weighted by molar-refractivity contribution is 5.80. The molecule has 0 unspecified atom stereocenters. The number of hydrogen-bond acceptors (Lipinski definition) is 5. The Morgan fingerprint density at radius 1 is 1.19 bits per heavy atom. The summed E-state index contributed by atoms with van der Waals surface area (Å²) in [5.41, 5.74) is 1.97. The molecule has 2 aromatic rings. The Morgan fingerprint density at radius 2 is 1.92 bits per heavy atom. The number of aryl methyl sites for hydroxylation is 2. The third kappa shape index (κ3) is 5.17. The van der Waals surface area contributed by atoms with Crippen molar-refractivity contribution in [2.24, 2.45) is 0 Å². The van der Waals surface area contributed by atoms with Crippen LogP contribution in [0.2, 0.25) is 0 Å². The molecule has 1 heterocycles. The lowest BCUT2D eigenvalue weighted by molar-refractivity contribution is -0.149. The van der Waals surface area contributed by atoms with E-state index < -0.39 is 36.3 Å². The maximum absolute atomic E-state index is 11.9. The molecular formula is C18H21N3O5. The normalized spacial score (nSPS) is 11.7. The molecule has 0 fully saturated rings. The van der Waals surface area contributed by atoms with E-state index in [1.807, 2.05) is 44.0 Å². The number of nitrogens with zero attached hydrogens (tertiary/aromatic N) is 1. The molecule has 1 aromatic heterocycles. The summed E-state index contributed by atoms with van der Waals surface area (Å²) < 4.78 is 5.86. The molecule has 1 aromatic carbocycles. The van der Waals surface area contributed by atoms with Crippen LogP contribution in [-0.4, -0.2) is 28.0 Å². The van der Waals surface area contributed by atoms with Gasteiger partial charge in [-0.05, 0) is 37.5 Å². The summed E-state index contributed by atoms with van der Waals surface area (Å²) in [6.45, 7) is 4.99. The Morgan fingerprint density at radius 3 is 2.58 bits per heavy atom.